The zero-order valence-corrected chi connectivity index (χ0v) is 17.6. The molecule has 3 heterocycles. The summed E-state index contributed by atoms with van der Waals surface area (Å²) in [5.74, 6) is 0.188. The predicted molar refractivity (Wildman–Crippen MR) is 120 cm³/mol. The summed E-state index contributed by atoms with van der Waals surface area (Å²) in [6.07, 6.45) is 4.57. The average Bonchev–Trinajstić information content (AvgIpc) is 3.14. The SMILES string of the molecule is Cl.O=c1[nH]c(C2CCN(CCc3c[nH]c4ccc(F)cc34)CC2)nc2cc(F)ccc12. The Hall–Kier alpha value is -2.77. The molecule has 31 heavy (non-hydrogen) atoms. The molecule has 162 valence electrons. The monoisotopic (exact) mass is 444 g/mol. The highest BCUT2D eigenvalue weighted by Crippen LogP contribution is 2.27. The summed E-state index contributed by atoms with van der Waals surface area (Å²) in [4.78, 5) is 25.3. The normalized spacial score (nSPS) is 15.4. The van der Waals surface area contributed by atoms with Gasteiger partial charge in [0, 0.05) is 35.6 Å². The molecule has 0 saturated carbocycles. The zero-order valence-electron chi connectivity index (χ0n) is 16.8. The molecule has 0 spiro atoms. The summed E-state index contributed by atoms with van der Waals surface area (Å²) >= 11 is 0. The fourth-order valence-corrected chi connectivity index (χ4v) is 4.39. The van der Waals surface area contributed by atoms with Gasteiger partial charge in [0.2, 0.25) is 0 Å². The molecular formula is C23H23ClF2N4O. The van der Waals surface area contributed by atoms with Crippen LogP contribution in [0.25, 0.3) is 21.8 Å². The lowest BCUT2D eigenvalue weighted by molar-refractivity contribution is 0.211. The van der Waals surface area contributed by atoms with Gasteiger partial charge in [-0.15, -0.1) is 12.4 Å². The summed E-state index contributed by atoms with van der Waals surface area (Å²) in [6.45, 7) is 2.68. The van der Waals surface area contributed by atoms with Crippen LogP contribution in [-0.4, -0.2) is 39.5 Å². The topological polar surface area (TPSA) is 64.8 Å². The Morgan fingerprint density at radius 3 is 2.58 bits per heavy atom. The number of H-pyrrole nitrogens is 2. The number of aromatic amines is 2. The summed E-state index contributed by atoms with van der Waals surface area (Å²) in [5, 5.41) is 1.35. The molecule has 5 rings (SSSR count). The Bertz CT molecular complexity index is 1280. The van der Waals surface area contributed by atoms with Crippen LogP contribution < -0.4 is 5.56 Å². The first-order chi connectivity index (χ1) is 14.6. The molecule has 1 aliphatic rings. The number of aromatic nitrogens is 3. The standard InChI is InChI=1S/C23H22F2N4O.ClH/c24-16-2-4-20-19(11-16)15(13-26-20)7-10-29-8-5-14(6-9-29)22-27-21-12-17(25)1-3-18(21)23(30)28-22;/h1-4,11-14,26H,5-10H2,(H,27,28,30);1H. The molecular weight excluding hydrogens is 422 g/mol. The molecule has 1 aliphatic heterocycles. The Kier molecular flexibility index (Phi) is 6.07. The van der Waals surface area contributed by atoms with Gasteiger partial charge in [-0.2, -0.15) is 0 Å². The minimum atomic E-state index is -0.390. The van der Waals surface area contributed by atoms with E-state index in [9.17, 15) is 13.6 Å². The Balaban J connectivity index is 0.00000231. The second kappa shape index (κ2) is 8.77. The lowest BCUT2D eigenvalue weighted by Crippen LogP contribution is -2.35. The van der Waals surface area contributed by atoms with Crippen LogP contribution in [0.1, 0.15) is 30.1 Å². The van der Waals surface area contributed by atoms with Crippen LogP contribution in [0.2, 0.25) is 0 Å². The van der Waals surface area contributed by atoms with E-state index >= 15 is 0 Å². The van der Waals surface area contributed by atoms with Crippen molar-refractivity contribution in [3.63, 3.8) is 0 Å². The first-order valence-electron chi connectivity index (χ1n) is 10.2. The van der Waals surface area contributed by atoms with Crippen molar-refractivity contribution in [3.05, 3.63) is 76.0 Å². The third-order valence-corrected chi connectivity index (χ3v) is 6.09. The Morgan fingerprint density at radius 1 is 1.03 bits per heavy atom. The summed E-state index contributed by atoms with van der Waals surface area (Å²) in [5.41, 5.74) is 2.26. The minimum absolute atomic E-state index is 0. The van der Waals surface area contributed by atoms with Crippen molar-refractivity contribution >= 4 is 34.2 Å². The third kappa shape index (κ3) is 4.34. The van der Waals surface area contributed by atoms with Crippen LogP contribution in [-0.2, 0) is 6.42 Å². The highest BCUT2D eigenvalue weighted by atomic mass is 35.5. The van der Waals surface area contributed by atoms with Crippen molar-refractivity contribution in [1.82, 2.24) is 19.9 Å². The van der Waals surface area contributed by atoms with Gasteiger partial charge in [0.25, 0.3) is 5.56 Å². The van der Waals surface area contributed by atoms with E-state index in [1.807, 2.05) is 6.20 Å². The van der Waals surface area contributed by atoms with E-state index in [4.69, 9.17) is 0 Å². The average molecular weight is 445 g/mol. The van der Waals surface area contributed by atoms with Crippen LogP contribution in [0.15, 0.2) is 47.4 Å². The highest BCUT2D eigenvalue weighted by Gasteiger charge is 2.23. The lowest BCUT2D eigenvalue weighted by atomic mass is 9.95. The summed E-state index contributed by atoms with van der Waals surface area (Å²) in [7, 11) is 0. The molecule has 1 saturated heterocycles. The molecule has 2 aromatic heterocycles. The lowest BCUT2D eigenvalue weighted by Gasteiger charge is -2.31. The number of hydrogen-bond acceptors (Lipinski definition) is 3. The molecule has 8 heteroatoms. The van der Waals surface area contributed by atoms with E-state index in [0.29, 0.717) is 16.7 Å². The molecule has 0 bridgehead atoms. The van der Waals surface area contributed by atoms with Crippen molar-refractivity contribution in [3.8, 4) is 0 Å². The molecule has 2 aromatic carbocycles. The van der Waals surface area contributed by atoms with Gasteiger partial charge in [-0.05, 0) is 68.2 Å². The fourth-order valence-electron chi connectivity index (χ4n) is 4.39. The maximum Gasteiger partial charge on any atom is 0.258 e. The van der Waals surface area contributed by atoms with E-state index in [-0.39, 0.29) is 29.7 Å². The number of nitrogens with zero attached hydrogens (tertiary/aromatic N) is 2. The second-order valence-electron chi connectivity index (χ2n) is 7.98. The van der Waals surface area contributed by atoms with Crippen molar-refractivity contribution in [2.24, 2.45) is 0 Å². The number of halogens is 3. The number of rotatable bonds is 4. The van der Waals surface area contributed by atoms with Gasteiger partial charge in [0.1, 0.15) is 17.5 Å². The van der Waals surface area contributed by atoms with Gasteiger partial charge in [0.15, 0.2) is 0 Å². The predicted octanol–water partition coefficient (Wildman–Crippen LogP) is 4.53. The number of fused-ring (bicyclic) bond motifs is 2. The number of benzene rings is 2. The van der Waals surface area contributed by atoms with Gasteiger partial charge < -0.3 is 14.9 Å². The van der Waals surface area contributed by atoms with Crippen LogP contribution in [0.4, 0.5) is 8.78 Å². The smallest absolute Gasteiger partial charge is 0.258 e. The Labute approximate surface area is 183 Å². The highest BCUT2D eigenvalue weighted by molar-refractivity contribution is 5.85. The second-order valence-corrected chi connectivity index (χ2v) is 7.98. The molecule has 0 radical (unpaired) electrons. The molecule has 0 unspecified atom stereocenters. The summed E-state index contributed by atoms with van der Waals surface area (Å²) in [6, 6.07) is 8.87. The fraction of sp³-hybridized carbons (Fsp3) is 0.304. The first kappa shape index (κ1) is 21.5. The van der Waals surface area contributed by atoms with Crippen molar-refractivity contribution in [1.29, 1.82) is 0 Å². The third-order valence-electron chi connectivity index (χ3n) is 6.09. The minimum Gasteiger partial charge on any atom is -0.361 e. The van der Waals surface area contributed by atoms with E-state index in [2.05, 4.69) is 19.9 Å². The van der Waals surface area contributed by atoms with Crippen molar-refractivity contribution < 1.29 is 8.78 Å². The maximum atomic E-state index is 13.6. The molecule has 0 aliphatic carbocycles. The maximum absolute atomic E-state index is 13.6. The van der Waals surface area contributed by atoms with Crippen LogP contribution >= 0.6 is 12.4 Å². The van der Waals surface area contributed by atoms with E-state index in [1.54, 1.807) is 12.1 Å². The molecule has 2 N–H and O–H groups in total. The largest absolute Gasteiger partial charge is 0.361 e. The molecule has 0 atom stereocenters. The quantitative estimate of drug-likeness (QED) is 0.486. The zero-order chi connectivity index (χ0) is 20.7. The number of nitrogens with one attached hydrogen (secondary N) is 2. The number of hydrogen-bond donors (Lipinski definition) is 2. The van der Waals surface area contributed by atoms with Crippen molar-refractivity contribution in [2.75, 3.05) is 19.6 Å². The van der Waals surface area contributed by atoms with Crippen LogP contribution in [0.5, 0.6) is 0 Å². The molecule has 4 aromatic rings. The van der Waals surface area contributed by atoms with Crippen molar-refractivity contribution in [2.45, 2.75) is 25.2 Å². The Morgan fingerprint density at radius 2 is 1.77 bits per heavy atom. The van der Waals surface area contributed by atoms with E-state index < -0.39 is 5.82 Å². The molecule has 5 nitrogen and oxygen atoms in total. The van der Waals surface area contributed by atoms with Gasteiger partial charge >= 0.3 is 0 Å². The van der Waals surface area contributed by atoms with E-state index in [1.165, 1.54) is 24.3 Å². The molecule has 0 amide bonds. The van der Waals surface area contributed by atoms with Gasteiger partial charge in [-0.1, -0.05) is 0 Å². The van der Waals surface area contributed by atoms with Gasteiger partial charge in [-0.3, -0.25) is 4.79 Å². The molecule has 1 fully saturated rings. The van der Waals surface area contributed by atoms with Crippen LogP contribution in [0.3, 0.4) is 0 Å². The van der Waals surface area contributed by atoms with Gasteiger partial charge in [-0.25, -0.2) is 13.8 Å². The number of likely N-dealkylation sites (tertiary alicyclic amines) is 1. The van der Waals surface area contributed by atoms with Crippen LogP contribution in [0, 0.1) is 11.6 Å². The van der Waals surface area contributed by atoms with E-state index in [0.717, 1.165) is 55.4 Å². The number of piperidine rings is 1. The first-order valence-corrected chi connectivity index (χ1v) is 10.2. The summed E-state index contributed by atoms with van der Waals surface area (Å²) < 4.78 is 27.1. The van der Waals surface area contributed by atoms with Gasteiger partial charge in [0.05, 0.1) is 10.9 Å².